The van der Waals surface area contributed by atoms with Crippen molar-refractivity contribution in [1.29, 1.82) is 0 Å². The first-order chi connectivity index (χ1) is 15.1. The molecule has 31 heavy (non-hydrogen) atoms. The molecular formula is C28H29FO2. The number of carbonyl (C=O) groups is 1. The lowest BCUT2D eigenvalue weighted by molar-refractivity contribution is -0.140. The maximum absolute atomic E-state index is 14.5. The van der Waals surface area contributed by atoms with E-state index in [9.17, 15) is 9.18 Å². The zero-order valence-corrected chi connectivity index (χ0v) is 18.3. The maximum atomic E-state index is 14.5. The minimum absolute atomic E-state index is 0.0828. The first-order valence-corrected chi connectivity index (χ1v) is 11.2. The molecule has 0 aromatic heterocycles. The van der Waals surface area contributed by atoms with Crippen molar-refractivity contribution in [3.8, 4) is 29.4 Å². The molecule has 0 unspecified atom stereocenters. The van der Waals surface area contributed by atoms with Gasteiger partial charge in [0.25, 0.3) is 0 Å². The van der Waals surface area contributed by atoms with Gasteiger partial charge < -0.3 is 4.74 Å². The Hall–Kier alpha value is -3.04. The summed E-state index contributed by atoms with van der Waals surface area (Å²) in [6.07, 6.45) is 7.09. The summed E-state index contributed by atoms with van der Waals surface area (Å²) in [4.78, 5) is 12.5. The second-order valence-corrected chi connectivity index (χ2v) is 8.05. The fourth-order valence-electron chi connectivity index (χ4n) is 3.92. The normalized spacial score (nSPS) is 17.6. The molecule has 0 spiro atoms. The molecule has 1 aliphatic carbocycles. The van der Waals surface area contributed by atoms with Gasteiger partial charge in [-0.15, -0.1) is 0 Å². The second-order valence-electron chi connectivity index (χ2n) is 8.05. The number of halogens is 1. The van der Waals surface area contributed by atoms with E-state index in [4.69, 9.17) is 4.74 Å². The molecule has 0 heterocycles. The Balaban J connectivity index is 1.59. The lowest BCUT2D eigenvalue weighted by Crippen LogP contribution is -2.25. The summed E-state index contributed by atoms with van der Waals surface area (Å²) >= 11 is 0. The van der Waals surface area contributed by atoms with Crippen molar-refractivity contribution in [1.82, 2.24) is 0 Å². The van der Waals surface area contributed by atoms with Crippen LogP contribution in [-0.4, -0.2) is 5.97 Å². The molecule has 3 heteroatoms. The van der Waals surface area contributed by atoms with E-state index in [-0.39, 0.29) is 23.2 Å². The number of esters is 1. The molecule has 0 bridgehead atoms. The third-order valence-electron chi connectivity index (χ3n) is 5.67. The average molecular weight is 417 g/mol. The van der Waals surface area contributed by atoms with Gasteiger partial charge in [0.1, 0.15) is 11.6 Å². The number of benzene rings is 2. The molecule has 0 radical (unpaired) electrons. The zero-order valence-electron chi connectivity index (χ0n) is 18.3. The highest BCUT2D eigenvalue weighted by molar-refractivity contribution is 5.75. The number of hydrogen-bond acceptors (Lipinski definition) is 2. The number of ether oxygens (including phenoxy) is 1. The van der Waals surface area contributed by atoms with E-state index in [1.165, 1.54) is 18.9 Å². The Morgan fingerprint density at radius 2 is 1.65 bits per heavy atom. The highest BCUT2D eigenvalue weighted by Crippen LogP contribution is 2.32. The van der Waals surface area contributed by atoms with E-state index in [0.717, 1.165) is 49.1 Å². The molecule has 1 fully saturated rings. The Morgan fingerprint density at radius 3 is 2.26 bits per heavy atom. The third-order valence-corrected chi connectivity index (χ3v) is 5.67. The van der Waals surface area contributed by atoms with Crippen molar-refractivity contribution in [2.45, 2.75) is 58.8 Å². The lowest BCUT2D eigenvalue weighted by atomic mass is 9.80. The van der Waals surface area contributed by atoms with Gasteiger partial charge in [0.15, 0.2) is 0 Å². The van der Waals surface area contributed by atoms with Crippen molar-refractivity contribution in [2.75, 3.05) is 0 Å². The molecule has 1 aliphatic rings. The van der Waals surface area contributed by atoms with Crippen LogP contribution < -0.4 is 4.74 Å². The molecule has 2 aromatic carbocycles. The highest BCUT2D eigenvalue weighted by Gasteiger charge is 2.27. The van der Waals surface area contributed by atoms with E-state index in [0.29, 0.717) is 0 Å². The molecular weight excluding hydrogens is 387 g/mol. The minimum Gasteiger partial charge on any atom is -0.426 e. The predicted molar refractivity (Wildman–Crippen MR) is 122 cm³/mol. The summed E-state index contributed by atoms with van der Waals surface area (Å²) in [5.74, 6) is 12.0. The van der Waals surface area contributed by atoms with Gasteiger partial charge in [-0.2, -0.15) is 0 Å². The summed E-state index contributed by atoms with van der Waals surface area (Å²) in [5.41, 5.74) is 1.99. The van der Waals surface area contributed by atoms with Crippen LogP contribution in [-0.2, 0) is 4.79 Å². The molecule has 0 aliphatic heterocycles. The Kier molecular flexibility index (Phi) is 8.31. The summed E-state index contributed by atoms with van der Waals surface area (Å²) in [6, 6.07) is 12.0. The van der Waals surface area contributed by atoms with Crippen LogP contribution in [0, 0.1) is 41.3 Å². The first kappa shape index (κ1) is 22.6. The van der Waals surface area contributed by atoms with Crippen LogP contribution >= 0.6 is 0 Å². The van der Waals surface area contributed by atoms with E-state index in [1.807, 2.05) is 31.2 Å². The molecule has 0 atom stereocenters. The van der Waals surface area contributed by atoms with Crippen LogP contribution in [0.5, 0.6) is 5.75 Å². The standard InChI is InChI=1S/C28H29FO2/c1-3-5-7-22-8-10-23(11-9-22)12-15-24-18-19-26(20-27(24)29)31-28(30)25-16-13-21(6-4-2)14-17-25/h8-11,18-21,25H,3-4,6,13-14,16-17H2,1-2H3. The Labute approximate surface area is 185 Å². The highest BCUT2D eigenvalue weighted by atomic mass is 19.1. The van der Waals surface area contributed by atoms with Crippen LogP contribution in [0.25, 0.3) is 0 Å². The quantitative estimate of drug-likeness (QED) is 0.323. The minimum atomic E-state index is -0.491. The van der Waals surface area contributed by atoms with Crippen LogP contribution in [0.15, 0.2) is 42.5 Å². The molecule has 0 amide bonds. The van der Waals surface area contributed by atoms with Crippen molar-refractivity contribution in [3.05, 3.63) is 65.0 Å². The fourth-order valence-corrected chi connectivity index (χ4v) is 3.92. The van der Waals surface area contributed by atoms with Crippen LogP contribution in [0.1, 0.15) is 75.5 Å². The van der Waals surface area contributed by atoms with Gasteiger partial charge in [0.05, 0.1) is 11.5 Å². The van der Waals surface area contributed by atoms with E-state index < -0.39 is 5.82 Å². The van der Waals surface area contributed by atoms with Crippen LogP contribution in [0.4, 0.5) is 4.39 Å². The summed E-state index contributed by atoms with van der Waals surface area (Å²) < 4.78 is 19.9. The maximum Gasteiger partial charge on any atom is 0.314 e. The van der Waals surface area contributed by atoms with E-state index >= 15 is 0 Å². The largest absolute Gasteiger partial charge is 0.426 e. The topological polar surface area (TPSA) is 26.3 Å². The molecule has 2 nitrogen and oxygen atoms in total. The van der Waals surface area contributed by atoms with Crippen LogP contribution in [0.2, 0.25) is 0 Å². The van der Waals surface area contributed by atoms with Gasteiger partial charge in [-0.3, -0.25) is 4.79 Å². The summed E-state index contributed by atoms with van der Waals surface area (Å²) in [5, 5.41) is 0. The van der Waals surface area contributed by atoms with Gasteiger partial charge >= 0.3 is 5.97 Å². The summed E-state index contributed by atoms with van der Waals surface area (Å²) in [6.45, 7) is 4.20. The number of rotatable bonds is 4. The van der Waals surface area contributed by atoms with Crippen molar-refractivity contribution in [2.24, 2.45) is 11.8 Å². The Bertz CT molecular complexity index is 1010. The molecule has 3 rings (SSSR count). The lowest BCUT2D eigenvalue weighted by Gasteiger charge is -2.26. The van der Waals surface area contributed by atoms with E-state index in [2.05, 4.69) is 30.6 Å². The number of carbonyl (C=O) groups excluding carboxylic acids is 1. The third kappa shape index (κ3) is 6.73. The molecule has 0 N–H and O–H groups in total. The van der Waals surface area contributed by atoms with Gasteiger partial charge in [0.2, 0.25) is 0 Å². The van der Waals surface area contributed by atoms with Crippen molar-refractivity contribution >= 4 is 5.97 Å². The van der Waals surface area contributed by atoms with Gasteiger partial charge in [-0.25, -0.2) is 4.39 Å². The fraction of sp³-hybridized carbons (Fsp3) is 0.393. The summed E-state index contributed by atoms with van der Waals surface area (Å²) in [7, 11) is 0. The average Bonchev–Trinajstić information content (AvgIpc) is 2.78. The molecule has 160 valence electrons. The van der Waals surface area contributed by atoms with Crippen molar-refractivity contribution < 1.29 is 13.9 Å². The zero-order chi connectivity index (χ0) is 22.1. The van der Waals surface area contributed by atoms with Gasteiger partial charge in [0, 0.05) is 23.6 Å². The monoisotopic (exact) mass is 416 g/mol. The molecule has 0 saturated heterocycles. The molecule has 1 saturated carbocycles. The number of hydrogen-bond donors (Lipinski definition) is 0. The van der Waals surface area contributed by atoms with Gasteiger partial charge in [-0.1, -0.05) is 50.4 Å². The smallest absolute Gasteiger partial charge is 0.314 e. The Morgan fingerprint density at radius 1 is 0.968 bits per heavy atom. The van der Waals surface area contributed by atoms with Gasteiger partial charge in [-0.05, 0) is 68.0 Å². The predicted octanol–water partition coefficient (Wildman–Crippen LogP) is 6.50. The second kappa shape index (κ2) is 11.4. The SMILES string of the molecule is CCC#Cc1ccc(C#Cc2ccc(OC(=O)C3CCC(CCC)CC3)cc2F)cc1. The van der Waals surface area contributed by atoms with Crippen LogP contribution in [0.3, 0.4) is 0 Å². The van der Waals surface area contributed by atoms with Crippen molar-refractivity contribution in [3.63, 3.8) is 0 Å². The molecule has 2 aromatic rings. The van der Waals surface area contributed by atoms with E-state index in [1.54, 1.807) is 12.1 Å². The first-order valence-electron chi connectivity index (χ1n) is 11.2.